The number of hydrogen-bond acceptors (Lipinski definition) is 3. The lowest BCUT2D eigenvalue weighted by Gasteiger charge is -2.37. The third-order valence-electron chi connectivity index (χ3n) is 3.65. The van der Waals surface area contributed by atoms with Crippen LogP contribution in [0.4, 0.5) is 4.79 Å². The van der Waals surface area contributed by atoms with E-state index in [1.807, 2.05) is 13.8 Å². The van der Waals surface area contributed by atoms with Crippen LogP contribution in [0.1, 0.15) is 26.7 Å². The summed E-state index contributed by atoms with van der Waals surface area (Å²) < 4.78 is 5.47. The third-order valence-corrected chi connectivity index (χ3v) is 3.65. The van der Waals surface area contributed by atoms with Gasteiger partial charge in [-0.15, -0.1) is 0 Å². The summed E-state index contributed by atoms with van der Waals surface area (Å²) >= 11 is 0. The number of ether oxygens (including phenoxy) is 1. The van der Waals surface area contributed by atoms with Gasteiger partial charge >= 0.3 is 6.03 Å². The Morgan fingerprint density at radius 3 is 3.00 bits per heavy atom. The first-order chi connectivity index (χ1) is 9.09. The molecule has 0 radical (unpaired) electrons. The number of nitrogens with zero attached hydrogens (tertiary/aromatic N) is 1. The van der Waals surface area contributed by atoms with E-state index in [1.165, 1.54) is 0 Å². The van der Waals surface area contributed by atoms with Crippen LogP contribution in [0, 0.1) is 5.92 Å². The number of rotatable bonds is 3. The zero-order valence-corrected chi connectivity index (χ0v) is 11.6. The molecule has 19 heavy (non-hydrogen) atoms. The quantitative estimate of drug-likeness (QED) is 0.776. The summed E-state index contributed by atoms with van der Waals surface area (Å²) in [5, 5.41) is 5.69. The Morgan fingerprint density at radius 1 is 1.58 bits per heavy atom. The molecule has 0 unspecified atom stereocenters. The molecule has 3 amide bonds. The summed E-state index contributed by atoms with van der Waals surface area (Å²) in [5.74, 6) is 0.0438. The Bertz CT molecular complexity index is 340. The van der Waals surface area contributed by atoms with Crippen molar-refractivity contribution in [2.45, 2.75) is 38.8 Å². The van der Waals surface area contributed by atoms with Gasteiger partial charge in [0.25, 0.3) is 0 Å². The number of carbonyl (C=O) groups excluding carboxylic acids is 2. The van der Waals surface area contributed by atoms with Gasteiger partial charge in [0.2, 0.25) is 5.91 Å². The normalized spacial score (nSPS) is 27.5. The number of piperazine rings is 1. The van der Waals surface area contributed by atoms with Gasteiger partial charge in [-0.2, -0.15) is 0 Å². The number of nitrogens with one attached hydrogen (secondary N) is 2. The van der Waals surface area contributed by atoms with E-state index in [4.69, 9.17) is 4.74 Å². The molecule has 0 saturated carbocycles. The Labute approximate surface area is 113 Å². The maximum absolute atomic E-state index is 12.2. The largest absolute Gasteiger partial charge is 0.376 e. The van der Waals surface area contributed by atoms with Crippen LogP contribution in [0.5, 0.6) is 0 Å². The average molecular weight is 269 g/mol. The van der Waals surface area contributed by atoms with Gasteiger partial charge in [0.05, 0.1) is 6.10 Å². The van der Waals surface area contributed by atoms with Gasteiger partial charge in [-0.1, -0.05) is 13.8 Å². The van der Waals surface area contributed by atoms with Crippen molar-refractivity contribution in [2.24, 2.45) is 5.92 Å². The first kappa shape index (κ1) is 14.1. The minimum atomic E-state index is -0.377. The van der Waals surface area contributed by atoms with Crippen LogP contribution in [0.3, 0.4) is 0 Å². The second-order valence-corrected chi connectivity index (χ2v) is 5.49. The zero-order valence-electron chi connectivity index (χ0n) is 11.6. The molecule has 2 rings (SSSR count). The number of urea groups is 1. The molecule has 0 spiro atoms. The molecule has 2 atom stereocenters. The molecular formula is C13H23N3O3. The Hall–Kier alpha value is -1.30. The summed E-state index contributed by atoms with van der Waals surface area (Å²) in [7, 11) is 0. The van der Waals surface area contributed by atoms with Crippen molar-refractivity contribution in [3.8, 4) is 0 Å². The average Bonchev–Trinajstić information content (AvgIpc) is 2.88. The van der Waals surface area contributed by atoms with E-state index in [0.717, 1.165) is 19.4 Å². The van der Waals surface area contributed by atoms with Crippen molar-refractivity contribution in [3.63, 3.8) is 0 Å². The van der Waals surface area contributed by atoms with Crippen LogP contribution in [0.2, 0.25) is 0 Å². The first-order valence-electron chi connectivity index (χ1n) is 7.03. The molecule has 2 saturated heterocycles. The Balaban J connectivity index is 1.89. The lowest BCUT2D eigenvalue weighted by atomic mass is 10.00. The molecule has 0 aromatic carbocycles. The second kappa shape index (κ2) is 6.23. The Morgan fingerprint density at radius 2 is 2.37 bits per heavy atom. The predicted molar refractivity (Wildman–Crippen MR) is 70.7 cm³/mol. The van der Waals surface area contributed by atoms with E-state index in [-0.39, 0.29) is 30.0 Å². The predicted octanol–water partition coefficient (Wildman–Crippen LogP) is 0.331. The number of hydrogen-bond donors (Lipinski definition) is 2. The second-order valence-electron chi connectivity index (χ2n) is 5.49. The van der Waals surface area contributed by atoms with Crippen LogP contribution in [0.25, 0.3) is 0 Å². The highest BCUT2D eigenvalue weighted by atomic mass is 16.5. The lowest BCUT2D eigenvalue weighted by molar-refractivity contribution is -0.129. The van der Waals surface area contributed by atoms with E-state index in [0.29, 0.717) is 19.6 Å². The lowest BCUT2D eigenvalue weighted by Crippen LogP contribution is -2.61. The molecule has 6 heteroatoms. The molecule has 2 N–H and O–H groups in total. The van der Waals surface area contributed by atoms with E-state index in [1.54, 1.807) is 4.90 Å². The molecule has 2 heterocycles. The maximum Gasteiger partial charge on any atom is 0.318 e. The topological polar surface area (TPSA) is 70.7 Å². The fourth-order valence-corrected chi connectivity index (χ4v) is 2.68. The molecule has 2 aliphatic heterocycles. The fraction of sp³-hybridized carbons (Fsp3) is 0.846. The van der Waals surface area contributed by atoms with Crippen molar-refractivity contribution in [1.29, 1.82) is 0 Å². The summed E-state index contributed by atoms with van der Waals surface area (Å²) in [4.78, 5) is 25.7. The molecule has 2 aliphatic rings. The van der Waals surface area contributed by atoms with Crippen molar-refractivity contribution < 1.29 is 14.3 Å². The van der Waals surface area contributed by atoms with Crippen molar-refractivity contribution in [1.82, 2.24) is 15.5 Å². The standard InChI is InChI=1S/C13H23N3O3/c1-9(2)11-12(17)14-5-6-16(11)13(18)15-8-10-4-3-7-19-10/h9-11H,3-8H2,1-2H3,(H,14,17)(H,15,18)/t10-,11+/m0/s1. The van der Waals surface area contributed by atoms with Crippen LogP contribution in [-0.4, -0.2) is 55.2 Å². The highest BCUT2D eigenvalue weighted by Gasteiger charge is 2.35. The van der Waals surface area contributed by atoms with E-state index < -0.39 is 0 Å². The van der Waals surface area contributed by atoms with Crippen LogP contribution in [-0.2, 0) is 9.53 Å². The van der Waals surface area contributed by atoms with Crippen LogP contribution >= 0.6 is 0 Å². The summed E-state index contributed by atoms with van der Waals surface area (Å²) in [6.45, 7) is 6.30. The molecule has 2 fully saturated rings. The molecule has 6 nitrogen and oxygen atoms in total. The van der Waals surface area contributed by atoms with E-state index in [2.05, 4.69) is 10.6 Å². The van der Waals surface area contributed by atoms with Crippen molar-refractivity contribution >= 4 is 11.9 Å². The fourth-order valence-electron chi connectivity index (χ4n) is 2.68. The summed E-state index contributed by atoms with van der Waals surface area (Å²) in [5.41, 5.74) is 0. The van der Waals surface area contributed by atoms with Crippen LogP contribution < -0.4 is 10.6 Å². The molecule has 0 aromatic heterocycles. The zero-order chi connectivity index (χ0) is 13.8. The number of amides is 3. The molecule has 0 aromatic rings. The highest BCUT2D eigenvalue weighted by molar-refractivity contribution is 5.88. The van der Waals surface area contributed by atoms with Crippen molar-refractivity contribution in [3.05, 3.63) is 0 Å². The van der Waals surface area contributed by atoms with Gasteiger partial charge in [-0.25, -0.2) is 4.79 Å². The molecular weight excluding hydrogens is 246 g/mol. The minimum absolute atomic E-state index is 0.0616. The van der Waals surface area contributed by atoms with Gasteiger partial charge in [0.1, 0.15) is 6.04 Å². The van der Waals surface area contributed by atoms with Gasteiger partial charge in [-0.05, 0) is 18.8 Å². The molecule has 108 valence electrons. The SMILES string of the molecule is CC(C)[C@@H]1C(=O)NCCN1C(=O)NC[C@@H]1CCCO1. The van der Waals surface area contributed by atoms with Gasteiger partial charge in [-0.3, -0.25) is 4.79 Å². The smallest absolute Gasteiger partial charge is 0.318 e. The maximum atomic E-state index is 12.2. The summed E-state index contributed by atoms with van der Waals surface area (Å²) in [6, 6.07) is -0.540. The minimum Gasteiger partial charge on any atom is -0.376 e. The number of carbonyl (C=O) groups is 2. The molecule has 0 aliphatic carbocycles. The van der Waals surface area contributed by atoms with Gasteiger partial charge in [0, 0.05) is 26.2 Å². The third kappa shape index (κ3) is 3.37. The van der Waals surface area contributed by atoms with Crippen LogP contribution in [0.15, 0.2) is 0 Å². The first-order valence-corrected chi connectivity index (χ1v) is 7.03. The molecule has 0 bridgehead atoms. The monoisotopic (exact) mass is 269 g/mol. The Kier molecular flexibility index (Phi) is 4.63. The van der Waals surface area contributed by atoms with Gasteiger partial charge in [0.15, 0.2) is 0 Å². The summed E-state index contributed by atoms with van der Waals surface area (Å²) in [6.07, 6.45) is 2.18. The van der Waals surface area contributed by atoms with Crippen molar-refractivity contribution in [2.75, 3.05) is 26.2 Å². The highest BCUT2D eigenvalue weighted by Crippen LogP contribution is 2.15. The van der Waals surface area contributed by atoms with E-state index in [9.17, 15) is 9.59 Å². The van der Waals surface area contributed by atoms with E-state index >= 15 is 0 Å². The van der Waals surface area contributed by atoms with Gasteiger partial charge < -0.3 is 20.3 Å².